The third-order valence-electron chi connectivity index (χ3n) is 4.66. The minimum absolute atomic E-state index is 0.0616. The van der Waals surface area contributed by atoms with Crippen LogP contribution in [0.2, 0.25) is 5.02 Å². The Balaban J connectivity index is 1.69. The molecule has 0 aliphatic carbocycles. The maximum atomic E-state index is 13.5. The molecule has 0 unspecified atom stereocenters. The van der Waals surface area contributed by atoms with Gasteiger partial charge in [-0.05, 0) is 43.3 Å². The Bertz CT molecular complexity index is 1070. The lowest BCUT2D eigenvalue weighted by atomic mass is 10.1. The van der Waals surface area contributed by atoms with Gasteiger partial charge in [0.1, 0.15) is 11.5 Å². The molecule has 1 aliphatic rings. The van der Waals surface area contributed by atoms with Crippen LogP contribution in [0.1, 0.15) is 33.8 Å². The normalized spacial score (nSPS) is 16.0. The maximum absolute atomic E-state index is 13.5. The van der Waals surface area contributed by atoms with E-state index in [2.05, 4.69) is 10.3 Å². The van der Waals surface area contributed by atoms with E-state index < -0.39 is 11.7 Å². The number of carbonyl (C=O) groups excluding carboxylic acids is 2. The lowest BCUT2D eigenvalue weighted by Gasteiger charge is -2.33. The van der Waals surface area contributed by atoms with Crippen molar-refractivity contribution in [2.45, 2.75) is 13.0 Å². The molecule has 0 spiro atoms. The Hall–Kier alpha value is -3.19. The van der Waals surface area contributed by atoms with E-state index >= 15 is 0 Å². The zero-order valence-corrected chi connectivity index (χ0v) is 15.7. The molecule has 3 aromatic rings. The van der Waals surface area contributed by atoms with Gasteiger partial charge in [-0.3, -0.25) is 14.6 Å². The first-order valence-electron chi connectivity index (χ1n) is 8.65. The highest BCUT2D eigenvalue weighted by molar-refractivity contribution is 6.31. The molecule has 1 N–H and O–H groups in total. The smallest absolute Gasteiger partial charge is 0.275 e. The van der Waals surface area contributed by atoms with Crippen LogP contribution in [0.25, 0.3) is 0 Å². The quantitative estimate of drug-likeness (QED) is 0.720. The molecule has 1 aliphatic heterocycles. The molecule has 142 valence electrons. The zero-order valence-electron chi connectivity index (χ0n) is 14.9. The molecule has 0 saturated heterocycles. The largest absolute Gasteiger partial charge is 0.338 e. The van der Waals surface area contributed by atoms with Gasteiger partial charge in [0.05, 0.1) is 22.5 Å². The molecular weight excluding hydrogens is 383 g/mol. The summed E-state index contributed by atoms with van der Waals surface area (Å²) in [6.07, 6.45) is 4.86. The molecule has 1 atom stereocenters. The summed E-state index contributed by atoms with van der Waals surface area (Å²) in [7, 11) is 0. The number of rotatable bonds is 3. The Morgan fingerprint density at radius 3 is 2.86 bits per heavy atom. The van der Waals surface area contributed by atoms with E-state index in [0.717, 1.165) is 0 Å². The van der Waals surface area contributed by atoms with Crippen molar-refractivity contribution in [3.05, 3.63) is 77.1 Å². The lowest BCUT2D eigenvalue weighted by molar-refractivity contribution is 0.0942. The minimum Gasteiger partial charge on any atom is -0.338 e. The average molecular weight is 399 g/mol. The van der Waals surface area contributed by atoms with Crippen LogP contribution >= 0.6 is 11.6 Å². The van der Waals surface area contributed by atoms with Gasteiger partial charge in [-0.2, -0.15) is 0 Å². The molecule has 2 aromatic heterocycles. The maximum Gasteiger partial charge on any atom is 0.275 e. The Morgan fingerprint density at radius 2 is 2.14 bits per heavy atom. The van der Waals surface area contributed by atoms with Gasteiger partial charge in [-0.25, -0.2) is 4.39 Å². The predicted molar refractivity (Wildman–Crippen MR) is 104 cm³/mol. The van der Waals surface area contributed by atoms with E-state index in [9.17, 15) is 14.0 Å². The van der Waals surface area contributed by atoms with Crippen molar-refractivity contribution in [3.63, 3.8) is 0 Å². The monoisotopic (exact) mass is 398 g/mol. The van der Waals surface area contributed by atoms with Crippen molar-refractivity contribution in [3.8, 4) is 0 Å². The van der Waals surface area contributed by atoms with Gasteiger partial charge in [0, 0.05) is 30.7 Å². The second kappa shape index (κ2) is 7.09. The molecule has 3 heterocycles. The number of nitrogens with zero attached hydrogens (tertiary/aromatic N) is 3. The van der Waals surface area contributed by atoms with E-state index in [1.54, 1.807) is 35.2 Å². The van der Waals surface area contributed by atoms with Gasteiger partial charge in [0.15, 0.2) is 0 Å². The molecular formula is C20H16ClFN4O2. The predicted octanol–water partition coefficient (Wildman–Crippen LogP) is 4.15. The van der Waals surface area contributed by atoms with E-state index in [0.29, 0.717) is 17.9 Å². The van der Waals surface area contributed by atoms with Crippen molar-refractivity contribution < 1.29 is 14.0 Å². The van der Waals surface area contributed by atoms with Gasteiger partial charge in [-0.15, -0.1) is 0 Å². The van der Waals surface area contributed by atoms with Gasteiger partial charge >= 0.3 is 0 Å². The summed E-state index contributed by atoms with van der Waals surface area (Å²) in [4.78, 5) is 31.4. The number of nitrogens with one attached hydrogen (secondary N) is 1. The van der Waals surface area contributed by atoms with E-state index in [1.165, 1.54) is 29.3 Å². The molecule has 0 radical (unpaired) electrons. The number of anilines is 2. The number of halogens is 2. The molecule has 28 heavy (non-hydrogen) atoms. The van der Waals surface area contributed by atoms with E-state index in [4.69, 9.17) is 11.6 Å². The highest BCUT2D eigenvalue weighted by Gasteiger charge is 2.34. The first-order chi connectivity index (χ1) is 13.5. The van der Waals surface area contributed by atoms with Gasteiger partial charge < -0.3 is 14.8 Å². The van der Waals surface area contributed by atoms with Gasteiger partial charge in [0.25, 0.3) is 11.8 Å². The van der Waals surface area contributed by atoms with Crippen LogP contribution in [0.15, 0.2) is 55.0 Å². The summed E-state index contributed by atoms with van der Waals surface area (Å²) in [6, 6.07) is 9.10. The number of hydrogen-bond acceptors (Lipinski definition) is 3. The molecule has 2 amide bonds. The van der Waals surface area contributed by atoms with Gasteiger partial charge in [0.2, 0.25) is 0 Å². The number of aromatic nitrogens is 2. The third-order valence-corrected chi connectivity index (χ3v) is 4.95. The summed E-state index contributed by atoms with van der Waals surface area (Å²) in [5.74, 6) is -1.30. The number of amides is 2. The van der Waals surface area contributed by atoms with Crippen molar-refractivity contribution in [2.75, 3.05) is 16.8 Å². The molecule has 0 bridgehead atoms. The topological polar surface area (TPSA) is 67.2 Å². The van der Waals surface area contributed by atoms with Crippen LogP contribution in [0.4, 0.5) is 15.8 Å². The fraction of sp³-hybridized carbons (Fsp3) is 0.150. The fourth-order valence-electron chi connectivity index (χ4n) is 3.30. The zero-order chi connectivity index (χ0) is 19.8. The molecule has 0 saturated carbocycles. The van der Waals surface area contributed by atoms with Crippen LogP contribution in [0.5, 0.6) is 0 Å². The Labute approximate surface area is 165 Å². The first-order valence-corrected chi connectivity index (χ1v) is 9.02. The molecule has 1 aromatic carbocycles. The van der Waals surface area contributed by atoms with Crippen LogP contribution in [-0.4, -0.2) is 27.9 Å². The van der Waals surface area contributed by atoms with Gasteiger partial charge in [-0.1, -0.05) is 11.6 Å². The average Bonchev–Trinajstić information content (AvgIpc) is 3.14. The molecule has 8 heteroatoms. The Kier molecular flexibility index (Phi) is 4.60. The lowest BCUT2D eigenvalue weighted by Crippen LogP contribution is -2.43. The van der Waals surface area contributed by atoms with Crippen LogP contribution in [0.3, 0.4) is 0 Å². The van der Waals surface area contributed by atoms with Crippen molar-refractivity contribution in [1.82, 2.24) is 9.55 Å². The minimum atomic E-state index is -0.553. The highest BCUT2D eigenvalue weighted by atomic mass is 35.5. The third kappa shape index (κ3) is 3.14. The van der Waals surface area contributed by atoms with Crippen LogP contribution < -0.4 is 10.2 Å². The molecule has 6 nitrogen and oxygen atoms in total. The molecule has 0 fully saturated rings. The number of carbonyl (C=O) groups is 2. The fourth-order valence-corrected chi connectivity index (χ4v) is 3.47. The number of hydrogen-bond donors (Lipinski definition) is 1. The number of fused-ring (bicyclic) bond motifs is 1. The summed E-state index contributed by atoms with van der Waals surface area (Å²) in [5, 5.41) is 2.68. The highest BCUT2D eigenvalue weighted by Crippen LogP contribution is 2.31. The molecule has 4 rings (SSSR count). The summed E-state index contributed by atoms with van der Waals surface area (Å²) in [5.41, 5.74) is 1.56. The Morgan fingerprint density at radius 1 is 1.32 bits per heavy atom. The van der Waals surface area contributed by atoms with E-state index in [1.807, 2.05) is 6.92 Å². The van der Waals surface area contributed by atoms with Crippen molar-refractivity contribution in [2.24, 2.45) is 0 Å². The standard InChI is InChI=1S/C20H16ClFN4O2/c1-12-11-26(14-4-5-17(22)16(21)9-14)20(28)18-15(6-8-25(12)18)19(27)24-13-3-2-7-23-10-13/h2-10,12H,11H2,1H3,(H,24,27)/t12-/m0/s1. The van der Waals surface area contributed by atoms with Crippen LogP contribution in [-0.2, 0) is 0 Å². The van der Waals surface area contributed by atoms with Crippen LogP contribution in [0, 0.1) is 5.82 Å². The summed E-state index contributed by atoms with van der Waals surface area (Å²) in [6.45, 7) is 2.32. The second-order valence-electron chi connectivity index (χ2n) is 6.54. The first kappa shape index (κ1) is 18.2. The van der Waals surface area contributed by atoms with Crippen molar-refractivity contribution in [1.29, 1.82) is 0 Å². The van der Waals surface area contributed by atoms with E-state index in [-0.39, 0.29) is 28.2 Å². The second-order valence-corrected chi connectivity index (χ2v) is 6.95. The number of pyridine rings is 1. The number of benzene rings is 1. The SMILES string of the molecule is C[C@H]1CN(c2ccc(F)c(Cl)c2)C(=O)c2c(C(=O)Nc3cccnc3)ccn21. The summed E-state index contributed by atoms with van der Waals surface area (Å²) < 4.78 is 15.3. The summed E-state index contributed by atoms with van der Waals surface area (Å²) >= 11 is 5.88. The van der Waals surface area contributed by atoms with Crippen molar-refractivity contribution >= 4 is 34.8 Å².